The van der Waals surface area contributed by atoms with Crippen LogP contribution in [-0.2, 0) is 4.94 Å². The lowest BCUT2D eigenvalue weighted by Gasteiger charge is -2.07. The van der Waals surface area contributed by atoms with Gasteiger partial charge in [-0.25, -0.2) is 8.78 Å². The van der Waals surface area contributed by atoms with Gasteiger partial charge in [-0.2, -0.15) is 0 Å². The first-order chi connectivity index (χ1) is 9.49. The van der Waals surface area contributed by atoms with Crippen LogP contribution in [0.15, 0.2) is 35.6 Å². The molecular weight excluding hydrogens is 265 g/mol. The highest BCUT2D eigenvalue weighted by molar-refractivity contribution is 5.76. The van der Waals surface area contributed by atoms with Crippen LogP contribution in [0.1, 0.15) is 46.6 Å². The molecule has 1 rings (SSSR count). The number of hydrogen-bond donors (Lipinski definition) is 0. The SMILES string of the molecule is CC.CC/C(C)=C/C(=C(\C)OF)c1ccc(F)c(F)c1. The third-order valence-electron chi connectivity index (χ3n) is 2.67. The predicted octanol–water partition coefficient (Wildman–Crippen LogP) is 5.98. The molecule has 0 bridgehead atoms. The lowest BCUT2D eigenvalue weighted by molar-refractivity contribution is -0.0808. The van der Waals surface area contributed by atoms with Gasteiger partial charge in [0.1, 0.15) is 0 Å². The van der Waals surface area contributed by atoms with Crippen LogP contribution in [0.3, 0.4) is 0 Å². The van der Waals surface area contributed by atoms with Gasteiger partial charge in [-0.05, 0) is 38.0 Å². The number of hydrogen-bond acceptors (Lipinski definition) is 1. The fourth-order valence-corrected chi connectivity index (χ4v) is 1.44. The summed E-state index contributed by atoms with van der Waals surface area (Å²) in [5.74, 6) is -1.90. The van der Waals surface area contributed by atoms with Gasteiger partial charge in [0, 0.05) is 10.1 Å². The van der Waals surface area contributed by atoms with E-state index in [2.05, 4.69) is 4.94 Å². The minimum absolute atomic E-state index is 0.00816. The molecule has 1 nitrogen and oxygen atoms in total. The second-order valence-corrected chi connectivity index (χ2v) is 4.02. The molecule has 0 spiro atoms. The van der Waals surface area contributed by atoms with Gasteiger partial charge >= 0.3 is 0 Å². The molecule has 0 fully saturated rings. The van der Waals surface area contributed by atoms with Gasteiger partial charge in [0.15, 0.2) is 17.4 Å². The monoisotopic (exact) mass is 286 g/mol. The molecule has 0 aromatic heterocycles. The van der Waals surface area contributed by atoms with Gasteiger partial charge in [0.2, 0.25) is 0 Å². The zero-order valence-corrected chi connectivity index (χ0v) is 12.6. The van der Waals surface area contributed by atoms with E-state index in [1.165, 1.54) is 13.0 Å². The molecule has 0 atom stereocenters. The molecule has 1 aromatic carbocycles. The molecule has 0 radical (unpaired) electrons. The lowest BCUT2D eigenvalue weighted by atomic mass is 10.0. The van der Waals surface area contributed by atoms with Gasteiger partial charge < -0.3 is 0 Å². The largest absolute Gasteiger partial charge is 0.299 e. The van der Waals surface area contributed by atoms with Crippen LogP contribution in [0.25, 0.3) is 5.57 Å². The van der Waals surface area contributed by atoms with E-state index in [9.17, 15) is 13.3 Å². The van der Waals surface area contributed by atoms with Crippen molar-refractivity contribution in [1.82, 2.24) is 0 Å². The van der Waals surface area contributed by atoms with Crippen molar-refractivity contribution in [3.63, 3.8) is 0 Å². The summed E-state index contributed by atoms with van der Waals surface area (Å²) < 4.78 is 38.3. The van der Waals surface area contributed by atoms with Crippen molar-refractivity contribution in [3.8, 4) is 0 Å². The van der Waals surface area contributed by atoms with Gasteiger partial charge in [-0.1, -0.05) is 38.5 Å². The maximum absolute atomic E-state index is 13.2. The molecular formula is C16H21F3O. The summed E-state index contributed by atoms with van der Waals surface area (Å²) in [6.45, 7) is 9.24. The lowest BCUT2D eigenvalue weighted by Crippen LogP contribution is -1.92. The average Bonchev–Trinajstić information content (AvgIpc) is 2.48. The molecule has 112 valence electrons. The zero-order chi connectivity index (χ0) is 15.7. The van der Waals surface area contributed by atoms with Crippen LogP contribution in [0.4, 0.5) is 13.3 Å². The van der Waals surface area contributed by atoms with E-state index in [1.54, 1.807) is 6.08 Å². The number of benzene rings is 1. The minimum Gasteiger partial charge on any atom is -0.299 e. The normalized spacial score (nSPS) is 12.3. The molecule has 0 aliphatic carbocycles. The van der Waals surface area contributed by atoms with Crippen LogP contribution >= 0.6 is 0 Å². The van der Waals surface area contributed by atoms with Crippen molar-refractivity contribution in [3.05, 3.63) is 52.8 Å². The molecule has 0 unspecified atom stereocenters. The van der Waals surface area contributed by atoms with Crippen LogP contribution in [0.2, 0.25) is 0 Å². The van der Waals surface area contributed by atoms with Crippen LogP contribution in [0, 0.1) is 11.6 Å². The molecule has 0 heterocycles. The van der Waals surface area contributed by atoms with Gasteiger partial charge in [-0.3, -0.25) is 4.94 Å². The third kappa shape index (κ3) is 5.11. The van der Waals surface area contributed by atoms with Gasteiger partial charge in [-0.15, -0.1) is 0 Å². The molecule has 0 saturated heterocycles. The summed E-state index contributed by atoms with van der Waals surface area (Å²) in [5.41, 5.74) is 1.75. The summed E-state index contributed by atoms with van der Waals surface area (Å²) in [6.07, 6.45) is 2.47. The van der Waals surface area contributed by atoms with Crippen molar-refractivity contribution >= 4 is 5.57 Å². The molecule has 0 N–H and O–H groups in total. The quantitative estimate of drug-likeness (QED) is 0.488. The smallest absolute Gasteiger partial charge is 0.159 e. The van der Waals surface area contributed by atoms with E-state index in [4.69, 9.17) is 0 Å². The van der Waals surface area contributed by atoms with Crippen molar-refractivity contribution in [1.29, 1.82) is 0 Å². The molecule has 4 heteroatoms. The predicted molar refractivity (Wildman–Crippen MR) is 76.5 cm³/mol. The Morgan fingerprint density at radius 3 is 2.20 bits per heavy atom. The molecule has 0 saturated carbocycles. The third-order valence-corrected chi connectivity index (χ3v) is 2.67. The standard InChI is InChI=1S/C14H15F3O.C2H6/c1-4-9(2)7-12(10(3)18-17)11-5-6-13(15)14(16)8-11;1-2/h5-8H,4H2,1-3H3;1-2H3/b9-7+,12-10-;. The average molecular weight is 286 g/mol. The molecule has 0 amide bonds. The van der Waals surface area contributed by atoms with E-state index in [1.807, 2.05) is 27.7 Å². The van der Waals surface area contributed by atoms with Crippen LogP contribution in [0.5, 0.6) is 0 Å². The fraction of sp³-hybridized carbons (Fsp3) is 0.375. The second-order valence-electron chi connectivity index (χ2n) is 4.02. The van der Waals surface area contributed by atoms with E-state index < -0.39 is 11.6 Å². The molecule has 20 heavy (non-hydrogen) atoms. The van der Waals surface area contributed by atoms with Crippen molar-refractivity contribution in [2.75, 3.05) is 0 Å². The first-order valence-corrected chi connectivity index (χ1v) is 6.61. The Bertz CT molecular complexity index is 490. The number of halogens is 3. The Kier molecular flexibility index (Phi) is 8.45. The van der Waals surface area contributed by atoms with Gasteiger partial charge in [0.25, 0.3) is 0 Å². The Hall–Kier alpha value is -1.71. The molecule has 0 aliphatic heterocycles. The van der Waals surface area contributed by atoms with E-state index in [0.717, 1.165) is 24.1 Å². The van der Waals surface area contributed by atoms with Crippen LogP contribution < -0.4 is 0 Å². The van der Waals surface area contributed by atoms with E-state index in [0.29, 0.717) is 11.1 Å². The molecule has 0 aliphatic rings. The Labute approximate surface area is 118 Å². The number of rotatable bonds is 4. The maximum atomic E-state index is 13.2. The topological polar surface area (TPSA) is 9.23 Å². The minimum atomic E-state index is -0.973. The highest BCUT2D eigenvalue weighted by Crippen LogP contribution is 2.25. The summed E-state index contributed by atoms with van der Waals surface area (Å²) in [7, 11) is 0. The van der Waals surface area contributed by atoms with E-state index >= 15 is 0 Å². The summed E-state index contributed by atoms with van der Waals surface area (Å²) >= 11 is 0. The summed E-state index contributed by atoms with van der Waals surface area (Å²) in [6, 6.07) is 3.41. The van der Waals surface area contributed by atoms with Gasteiger partial charge in [0.05, 0.1) is 0 Å². The summed E-state index contributed by atoms with van der Waals surface area (Å²) in [5, 5.41) is 0. The zero-order valence-electron chi connectivity index (χ0n) is 12.6. The van der Waals surface area contributed by atoms with Crippen molar-refractivity contribution in [2.24, 2.45) is 0 Å². The van der Waals surface area contributed by atoms with Crippen LogP contribution in [-0.4, -0.2) is 0 Å². The maximum Gasteiger partial charge on any atom is 0.159 e. The number of allylic oxidation sites excluding steroid dienone is 4. The summed E-state index contributed by atoms with van der Waals surface area (Å²) in [4.78, 5) is 3.70. The first kappa shape index (κ1) is 18.3. The van der Waals surface area contributed by atoms with Crippen molar-refractivity contribution < 1.29 is 18.2 Å². The fourth-order valence-electron chi connectivity index (χ4n) is 1.44. The van der Waals surface area contributed by atoms with Crippen molar-refractivity contribution in [2.45, 2.75) is 41.0 Å². The second kappa shape index (κ2) is 9.23. The van der Waals surface area contributed by atoms with E-state index in [-0.39, 0.29) is 5.76 Å². The highest BCUT2D eigenvalue weighted by atomic mass is 19.3. The Balaban J connectivity index is 0.00000172. The Morgan fingerprint density at radius 1 is 1.15 bits per heavy atom. The molecule has 1 aromatic rings. The highest BCUT2D eigenvalue weighted by Gasteiger charge is 2.09. The Morgan fingerprint density at radius 2 is 1.75 bits per heavy atom. The first-order valence-electron chi connectivity index (χ1n) is 6.61.